The highest BCUT2D eigenvalue weighted by Crippen LogP contribution is 2.12. The van der Waals surface area contributed by atoms with Crippen LogP contribution in [0.3, 0.4) is 0 Å². The van der Waals surface area contributed by atoms with Crippen LogP contribution >= 0.6 is 0 Å². The molecule has 16 heavy (non-hydrogen) atoms. The zero-order valence-corrected chi connectivity index (χ0v) is 10.9. The summed E-state index contributed by atoms with van der Waals surface area (Å²) in [6.07, 6.45) is 3.40. The van der Waals surface area contributed by atoms with Gasteiger partial charge in [0, 0.05) is 19.2 Å². The summed E-state index contributed by atoms with van der Waals surface area (Å²) >= 11 is 0. The Labute approximate surface area is 98.5 Å². The van der Waals surface area contributed by atoms with E-state index in [2.05, 4.69) is 31.9 Å². The van der Waals surface area contributed by atoms with E-state index in [1.165, 1.54) is 0 Å². The van der Waals surface area contributed by atoms with Crippen LogP contribution < -0.4 is 0 Å². The summed E-state index contributed by atoms with van der Waals surface area (Å²) in [5.41, 5.74) is 2.24. The third-order valence-corrected chi connectivity index (χ3v) is 2.91. The van der Waals surface area contributed by atoms with Crippen molar-refractivity contribution in [1.29, 1.82) is 0 Å². The molecule has 3 heteroatoms. The molecule has 0 radical (unpaired) electrons. The van der Waals surface area contributed by atoms with Gasteiger partial charge in [-0.3, -0.25) is 4.68 Å². The summed E-state index contributed by atoms with van der Waals surface area (Å²) in [6, 6.07) is 2.10. The molecule has 1 heterocycles. The van der Waals surface area contributed by atoms with Crippen LogP contribution in [-0.2, 0) is 19.9 Å². The lowest BCUT2D eigenvalue weighted by Gasteiger charge is -2.11. The molecule has 0 saturated heterocycles. The Balaban J connectivity index is 2.48. The zero-order chi connectivity index (χ0) is 12.1. The lowest BCUT2D eigenvalue weighted by atomic mass is 10.0. The number of aromatic nitrogens is 2. The minimum Gasteiger partial charge on any atom is -0.393 e. The Kier molecular flexibility index (Phi) is 5.00. The monoisotopic (exact) mass is 224 g/mol. The van der Waals surface area contributed by atoms with E-state index in [4.69, 9.17) is 0 Å². The highest BCUT2D eigenvalue weighted by Gasteiger charge is 2.10. The molecule has 0 aliphatic heterocycles. The predicted molar refractivity (Wildman–Crippen MR) is 66.4 cm³/mol. The molecule has 1 aromatic heterocycles. The van der Waals surface area contributed by atoms with Crippen LogP contribution in [0.2, 0.25) is 0 Å². The summed E-state index contributed by atoms with van der Waals surface area (Å²) in [4.78, 5) is 0. The number of aliphatic hydroxyl groups is 1. The lowest BCUT2D eigenvalue weighted by Crippen LogP contribution is -2.14. The Morgan fingerprint density at radius 1 is 1.38 bits per heavy atom. The fourth-order valence-electron chi connectivity index (χ4n) is 1.80. The summed E-state index contributed by atoms with van der Waals surface area (Å²) < 4.78 is 1.89. The number of aliphatic hydroxyl groups excluding tert-OH is 1. The Morgan fingerprint density at radius 3 is 2.56 bits per heavy atom. The van der Waals surface area contributed by atoms with Crippen molar-refractivity contribution in [3.63, 3.8) is 0 Å². The van der Waals surface area contributed by atoms with Gasteiger partial charge in [-0.1, -0.05) is 20.8 Å². The number of nitrogens with zero attached hydrogens (tertiary/aromatic N) is 2. The van der Waals surface area contributed by atoms with Gasteiger partial charge in [0.05, 0.1) is 11.8 Å². The van der Waals surface area contributed by atoms with Crippen molar-refractivity contribution in [3.8, 4) is 0 Å². The molecule has 92 valence electrons. The molecule has 3 nitrogen and oxygen atoms in total. The molecule has 0 spiro atoms. The molecule has 0 bridgehead atoms. The number of rotatable bonds is 6. The second-order valence-electron chi connectivity index (χ2n) is 4.93. The average molecular weight is 224 g/mol. The molecule has 1 rings (SSSR count). The topological polar surface area (TPSA) is 38.0 Å². The quantitative estimate of drug-likeness (QED) is 0.805. The van der Waals surface area contributed by atoms with Gasteiger partial charge in [-0.05, 0) is 31.2 Å². The van der Waals surface area contributed by atoms with Crippen LogP contribution in [0, 0.1) is 5.92 Å². The zero-order valence-electron chi connectivity index (χ0n) is 10.9. The number of aryl methyl sites for hydroxylation is 2. The van der Waals surface area contributed by atoms with Crippen molar-refractivity contribution in [2.24, 2.45) is 13.0 Å². The smallest absolute Gasteiger partial charge is 0.0624 e. The van der Waals surface area contributed by atoms with Crippen LogP contribution in [-0.4, -0.2) is 21.0 Å². The fraction of sp³-hybridized carbons (Fsp3) is 0.769. The summed E-state index contributed by atoms with van der Waals surface area (Å²) in [5.74, 6) is 0.660. The van der Waals surface area contributed by atoms with Crippen molar-refractivity contribution >= 4 is 0 Å². The Hall–Kier alpha value is -0.830. The maximum absolute atomic E-state index is 9.92. The standard InChI is InChI=1S/C13H24N2O/c1-5-11-8-12(15(4)14-11)9-13(16)7-6-10(2)3/h8,10,13,16H,5-7,9H2,1-4H3. The highest BCUT2D eigenvalue weighted by molar-refractivity contribution is 5.11. The van der Waals surface area contributed by atoms with E-state index < -0.39 is 0 Å². The van der Waals surface area contributed by atoms with E-state index >= 15 is 0 Å². The first-order chi connectivity index (χ1) is 7.52. The molecule has 0 amide bonds. The van der Waals surface area contributed by atoms with Gasteiger partial charge in [0.15, 0.2) is 0 Å². The molecule has 1 unspecified atom stereocenters. The maximum Gasteiger partial charge on any atom is 0.0624 e. The van der Waals surface area contributed by atoms with Crippen molar-refractivity contribution in [2.75, 3.05) is 0 Å². The summed E-state index contributed by atoms with van der Waals surface area (Å²) in [6.45, 7) is 6.47. The van der Waals surface area contributed by atoms with Gasteiger partial charge >= 0.3 is 0 Å². The Bertz CT molecular complexity index is 318. The van der Waals surface area contributed by atoms with E-state index in [9.17, 15) is 5.11 Å². The van der Waals surface area contributed by atoms with Crippen LogP contribution in [0.15, 0.2) is 6.07 Å². The minimum atomic E-state index is -0.234. The SMILES string of the molecule is CCc1cc(CC(O)CCC(C)C)n(C)n1. The number of hydrogen-bond acceptors (Lipinski definition) is 2. The van der Waals surface area contributed by atoms with Crippen molar-refractivity contribution in [3.05, 3.63) is 17.5 Å². The van der Waals surface area contributed by atoms with Crippen LogP contribution in [0.4, 0.5) is 0 Å². The average Bonchev–Trinajstić information content (AvgIpc) is 2.57. The first-order valence-corrected chi connectivity index (χ1v) is 6.22. The van der Waals surface area contributed by atoms with Crippen molar-refractivity contribution in [2.45, 2.75) is 52.6 Å². The Morgan fingerprint density at radius 2 is 2.06 bits per heavy atom. The van der Waals surface area contributed by atoms with E-state index in [-0.39, 0.29) is 6.10 Å². The van der Waals surface area contributed by atoms with E-state index in [1.807, 2.05) is 11.7 Å². The van der Waals surface area contributed by atoms with Crippen molar-refractivity contribution < 1.29 is 5.11 Å². The van der Waals surface area contributed by atoms with Gasteiger partial charge in [-0.15, -0.1) is 0 Å². The van der Waals surface area contributed by atoms with E-state index in [1.54, 1.807) is 0 Å². The van der Waals surface area contributed by atoms with Gasteiger partial charge < -0.3 is 5.11 Å². The van der Waals surface area contributed by atoms with E-state index in [0.717, 1.165) is 37.1 Å². The first-order valence-electron chi connectivity index (χ1n) is 6.22. The fourth-order valence-corrected chi connectivity index (χ4v) is 1.80. The molecule has 0 fully saturated rings. The van der Waals surface area contributed by atoms with Crippen LogP contribution in [0.5, 0.6) is 0 Å². The second-order valence-corrected chi connectivity index (χ2v) is 4.93. The summed E-state index contributed by atoms with van der Waals surface area (Å²) in [5, 5.41) is 14.3. The van der Waals surface area contributed by atoms with Gasteiger partial charge in [0.2, 0.25) is 0 Å². The lowest BCUT2D eigenvalue weighted by molar-refractivity contribution is 0.154. The summed E-state index contributed by atoms with van der Waals surface area (Å²) in [7, 11) is 1.95. The highest BCUT2D eigenvalue weighted by atomic mass is 16.3. The molecule has 1 aromatic rings. The molecule has 0 aliphatic carbocycles. The largest absolute Gasteiger partial charge is 0.393 e. The second kappa shape index (κ2) is 6.04. The molecular formula is C13H24N2O. The third kappa shape index (κ3) is 3.97. The van der Waals surface area contributed by atoms with Gasteiger partial charge in [0.1, 0.15) is 0 Å². The predicted octanol–water partition coefficient (Wildman–Crippen LogP) is 2.32. The van der Waals surface area contributed by atoms with Gasteiger partial charge in [-0.25, -0.2) is 0 Å². The van der Waals surface area contributed by atoms with Gasteiger partial charge in [0.25, 0.3) is 0 Å². The maximum atomic E-state index is 9.92. The molecule has 0 aliphatic rings. The minimum absolute atomic E-state index is 0.234. The third-order valence-electron chi connectivity index (χ3n) is 2.91. The van der Waals surface area contributed by atoms with Crippen molar-refractivity contribution in [1.82, 2.24) is 9.78 Å². The molecule has 0 saturated carbocycles. The molecule has 1 N–H and O–H groups in total. The molecular weight excluding hydrogens is 200 g/mol. The number of hydrogen-bond donors (Lipinski definition) is 1. The first kappa shape index (κ1) is 13.2. The van der Waals surface area contributed by atoms with Gasteiger partial charge in [-0.2, -0.15) is 5.10 Å². The molecule has 0 aromatic carbocycles. The van der Waals surface area contributed by atoms with E-state index in [0.29, 0.717) is 5.92 Å². The van der Waals surface area contributed by atoms with Crippen LogP contribution in [0.1, 0.15) is 45.0 Å². The normalized spacial score (nSPS) is 13.4. The molecule has 1 atom stereocenters. The van der Waals surface area contributed by atoms with Crippen LogP contribution in [0.25, 0.3) is 0 Å².